The van der Waals surface area contributed by atoms with Gasteiger partial charge in [0.25, 0.3) is 0 Å². The average Bonchev–Trinajstić information content (AvgIpc) is 3.07. The van der Waals surface area contributed by atoms with Crippen molar-refractivity contribution in [3.05, 3.63) is 11.7 Å². The number of nitrogen functional groups attached to an aromatic ring is 1. The maximum atomic E-state index is 5.48. The SMILES string of the molecule is CCc1nsc(N2CCCC(c3nnc(N)o3)C2)n1. The van der Waals surface area contributed by atoms with Gasteiger partial charge in [-0.1, -0.05) is 12.0 Å². The van der Waals surface area contributed by atoms with Crippen LogP contribution in [0, 0.1) is 0 Å². The summed E-state index contributed by atoms with van der Waals surface area (Å²) in [5.74, 6) is 1.76. The molecule has 1 unspecified atom stereocenters. The van der Waals surface area contributed by atoms with E-state index in [2.05, 4.69) is 31.4 Å². The molecule has 2 aromatic heterocycles. The first kappa shape index (κ1) is 12.3. The third-order valence-corrected chi connectivity index (χ3v) is 4.09. The van der Waals surface area contributed by atoms with Gasteiger partial charge in [-0.05, 0) is 12.8 Å². The van der Waals surface area contributed by atoms with Crippen LogP contribution >= 0.6 is 11.5 Å². The molecule has 0 saturated carbocycles. The molecule has 0 spiro atoms. The molecule has 0 amide bonds. The van der Waals surface area contributed by atoms with Crippen molar-refractivity contribution in [3.8, 4) is 0 Å². The summed E-state index contributed by atoms with van der Waals surface area (Å²) in [7, 11) is 0. The van der Waals surface area contributed by atoms with Gasteiger partial charge in [-0.2, -0.15) is 4.37 Å². The lowest BCUT2D eigenvalue weighted by Crippen LogP contribution is -2.34. The van der Waals surface area contributed by atoms with Crippen LogP contribution in [0.1, 0.15) is 37.4 Å². The largest absolute Gasteiger partial charge is 0.408 e. The van der Waals surface area contributed by atoms with Gasteiger partial charge in [-0.25, -0.2) is 4.98 Å². The van der Waals surface area contributed by atoms with Crippen molar-refractivity contribution in [2.45, 2.75) is 32.1 Å². The summed E-state index contributed by atoms with van der Waals surface area (Å²) in [6.45, 7) is 3.89. The molecule has 2 N–H and O–H groups in total. The Labute approximate surface area is 115 Å². The summed E-state index contributed by atoms with van der Waals surface area (Å²) in [4.78, 5) is 6.77. The average molecular weight is 280 g/mol. The Morgan fingerprint density at radius 1 is 1.47 bits per heavy atom. The number of aromatic nitrogens is 4. The molecule has 0 radical (unpaired) electrons. The molecule has 1 aliphatic heterocycles. The quantitative estimate of drug-likeness (QED) is 0.909. The fraction of sp³-hybridized carbons (Fsp3) is 0.636. The van der Waals surface area contributed by atoms with Crippen molar-refractivity contribution in [1.82, 2.24) is 19.6 Å². The van der Waals surface area contributed by atoms with Crippen LogP contribution in [0.4, 0.5) is 11.1 Å². The Morgan fingerprint density at radius 2 is 2.37 bits per heavy atom. The van der Waals surface area contributed by atoms with Crippen LogP contribution in [0.25, 0.3) is 0 Å². The highest BCUT2D eigenvalue weighted by atomic mass is 32.1. The monoisotopic (exact) mass is 280 g/mol. The van der Waals surface area contributed by atoms with E-state index in [1.807, 2.05) is 0 Å². The van der Waals surface area contributed by atoms with Crippen molar-refractivity contribution in [2.24, 2.45) is 0 Å². The van der Waals surface area contributed by atoms with Gasteiger partial charge in [-0.15, -0.1) is 5.10 Å². The molecule has 7 nitrogen and oxygen atoms in total. The Morgan fingerprint density at radius 3 is 3.05 bits per heavy atom. The minimum absolute atomic E-state index is 0.135. The van der Waals surface area contributed by atoms with Crippen LogP contribution in [0.5, 0.6) is 0 Å². The predicted octanol–water partition coefficient (Wildman–Crippen LogP) is 1.45. The van der Waals surface area contributed by atoms with Gasteiger partial charge >= 0.3 is 6.01 Å². The molecule has 2 aromatic rings. The van der Waals surface area contributed by atoms with Crippen molar-refractivity contribution < 1.29 is 4.42 Å². The van der Waals surface area contributed by atoms with E-state index in [4.69, 9.17) is 10.2 Å². The second-order valence-corrected chi connectivity index (χ2v) is 5.34. The van der Waals surface area contributed by atoms with E-state index in [1.54, 1.807) is 0 Å². The molecule has 1 saturated heterocycles. The fourth-order valence-electron chi connectivity index (χ4n) is 2.28. The minimum Gasteiger partial charge on any atom is -0.408 e. The van der Waals surface area contributed by atoms with Crippen LogP contribution in [0.3, 0.4) is 0 Å². The zero-order valence-corrected chi connectivity index (χ0v) is 11.6. The summed E-state index contributed by atoms with van der Waals surface area (Å²) >= 11 is 1.46. The van der Waals surface area contributed by atoms with Crippen molar-refractivity contribution in [3.63, 3.8) is 0 Å². The summed E-state index contributed by atoms with van der Waals surface area (Å²) in [5.41, 5.74) is 5.48. The number of hydrogen-bond donors (Lipinski definition) is 1. The highest BCUT2D eigenvalue weighted by Crippen LogP contribution is 2.30. The highest BCUT2D eigenvalue weighted by Gasteiger charge is 2.27. The van der Waals surface area contributed by atoms with Crippen LogP contribution in [0.2, 0.25) is 0 Å². The third-order valence-electron chi connectivity index (χ3n) is 3.27. The first-order valence-corrected chi connectivity index (χ1v) is 7.20. The van der Waals surface area contributed by atoms with Gasteiger partial charge in [0.05, 0.1) is 5.92 Å². The predicted molar refractivity (Wildman–Crippen MR) is 72.2 cm³/mol. The molecule has 0 aliphatic carbocycles. The highest BCUT2D eigenvalue weighted by molar-refractivity contribution is 7.09. The number of hydrogen-bond acceptors (Lipinski definition) is 8. The molecule has 3 rings (SSSR count). The first-order valence-electron chi connectivity index (χ1n) is 6.42. The molecule has 0 aromatic carbocycles. The first-order chi connectivity index (χ1) is 9.26. The molecule has 3 heterocycles. The zero-order chi connectivity index (χ0) is 13.2. The number of piperidine rings is 1. The Bertz CT molecular complexity index is 553. The number of anilines is 2. The van der Waals surface area contributed by atoms with E-state index >= 15 is 0 Å². The minimum atomic E-state index is 0.135. The summed E-state index contributed by atoms with van der Waals surface area (Å²) in [6, 6.07) is 0.135. The van der Waals surface area contributed by atoms with Gasteiger partial charge in [0.2, 0.25) is 11.0 Å². The van der Waals surface area contributed by atoms with Crippen molar-refractivity contribution in [2.75, 3.05) is 23.7 Å². The molecule has 19 heavy (non-hydrogen) atoms. The van der Waals surface area contributed by atoms with Gasteiger partial charge in [0, 0.05) is 31.0 Å². The Balaban J connectivity index is 1.74. The number of nitrogens with zero attached hydrogens (tertiary/aromatic N) is 5. The number of nitrogens with two attached hydrogens (primary N) is 1. The van der Waals surface area contributed by atoms with E-state index in [0.717, 1.165) is 43.3 Å². The van der Waals surface area contributed by atoms with Gasteiger partial charge in [-0.3, -0.25) is 0 Å². The normalized spacial score (nSPS) is 19.8. The van der Waals surface area contributed by atoms with E-state index in [1.165, 1.54) is 11.5 Å². The molecule has 1 fully saturated rings. The molecular weight excluding hydrogens is 264 g/mol. The summed E-state index contributed by atoms with van der Waals surface area (Å²) in [6.07, 6.45) is 2.99. The standard InChI is InChI=1S/C11H16N6OS/c1-2-8-13-11(19-16-8)17-5-3-4-7(6-17)9-14-15-10(12)18-9/h7H,2-6H2,1H3,(H2,12,15). The second kappa shape index (κ2) is 5.12. The maximum Gasteiger partial charge on any atom is 0.312 e. The van der Waals surface area contributed by atoms with E-state index in [9.17, 15) is 0 Å². The molecular formula is C11H16N6OS. The van der Waals surface area contributed by atoms with Crippen LogP contribution in [-0.4, -0.2) is 32.6 Å². The van der Waals surface area contributed by atoms with E-state index < -0.39 is 0 Å². The number of aryl methyl sites for hydroxylation is 1. The second-order valence-electron chi connectivity index (χ2n) is 4.61. The lowest BCUT2D eigenvalue weighted by molar-refractivity contribution is 0.406. The lowest BCUT2D eigenvalue weighted by atomic mass is 9.98. The van der Waals surface area contributed by atoms with Crippen molar-refractivity contribution >= 4 is 22.7 Å². The summed E-state index contributed by atoms with van der Waals surface area (Å²) < 4.78 is 9.66. The zero-order valence-electron chi connectivity index (χ0n) is 10.7. The van der Waals surface area contributed by atoms with Gasteiger partial charge < -0.3 is 15.1 Å². The summed E-state index contributed by atoms with van der Waals surface area (Å²) in [5, 5.41) is 8.69. The van der Waals surface area contributed by atoms with Crippen LogP contribution in [0.15, 0.2) is 4.42 Å². The Hall–Kier alpha value is -1.70. The van der Waals surface area contributed by atoms with Gasteiger partial charge in [0.1, 0.15) is 5.82 Å². The lowest BCUT2D eigenvalue weighted by Gasteiger charge is -2.30. The Kier molecular flexibility index (Phi) is 3.33. The van der Waals surface area contributed by atoms with E-state index in [-0.39, 0.29) is 11.9 Å². The third kappa shape index (κ3) is 2.53. The van der Waals surface area contributed by atoms with Crippen LogP contribution in [-0.2, 0) is 6.42 Å². The molecule has 1 atom stereocenters. The van der Waals surface area contributed by atoms with E-state index in [0.29, 0.717) is 5.89 Å². The molecule has 102 valence electrons. The smallest absolute Gasteiger partial charge is 0.312 e. The molecule has 1 aliphatic rings. The van der Waals surface area contributed by atoms with Crippen LogP contribution < -0.4 is 10.6 Å². The molecule has 8 heteroatoms. The topological polar surface area (TPSA) is 94.0 Å². The number of rotatable bonds is 3. The fourth-order valence-corrected chi connectivity index (χ4v) is 3.07. The van der Waals surface area contributed by atoms with Gasteiger partial charge in [0.15, 0.2) is 0 Å². The van der Waals surface area contributed by atoms with Crippen molar-refractivity contribution in [1.29, 1.82) is 0 Å². The maximum absolute atomic E-state index is 5.48. The molecule has 0 bridgehead atoms.